The predicted molar refractivity (Wildman–Crippen MR) is 74.5 cm³/mol. The molecule has 0 unspecified atom stereocenters. The van der Waals surface area contributed by atoms with E-state index in [1.54, 1.807) is 19.1 Å². The van der Waals surface area contributed by atoms with Gasteiger partial charge in [0.05, 0.1) is 11.6 Å². The molecule has 3 nitrogen and oxygen atoms in total. The van der Waals surface area contributed by atoms with Gasteiger partial charge in [-0.15, -0.1) is 0 Å². The number of hydrogen-bond donors (Lipinski definition) is 0. The second kappa shape index (κ2) is 5.82. The molecule has 0 saturated carbocycles. The van der Waals surface area contributed by atoms with Gasteiger partial charge in [0.1, 0.15) is 11.6 Å². The van der Waals surface area contributed by atoms with E-state index >= 15 is 0 Å². The molecule has 0 aromatic heterocycles. The lowest BCUT2D eigenvalue weighted by atomic mass is 9.91. The molecular formula is C14H15BrFNO2. The number of amides is 1. The number of nitrogens with zero attached hydrogens (tertiary/aromatic N) is 1. The van der Waals surface area contributed by atoms with E-state index in [0.29, 0.717) is 30.3 Å². The summed E-state index contributed by atoms with van der Waals surface area (Å²) in [6.45, 7) is 2.20. The number of halogens is 2. The fourth-order valence-corrected chi connectivity index (χ4v) is 2.70. The van der Waals surface area contributed by atoms with Crippen molar-refractivity contribution >= 4 is 33.3 Å². The molecule has 5 heteroatoms. The number of carbonyl (C=O) groups is 2. The minimum Gasteiger partial charge on any atom is -0.309 e. The average molecular weight is 328 g/mol. The number of hydrogen-bond acceptors (Lipinski definition) is 2. The average Bonchev–Trinajstić information content (AvgIpc) is 2.41. The Morgan fingerprint density at radius 1 is 1.53 bits per heavy atom. The Kier molecular flexibility index (Phi) is 4.34. The zero-order valence-corrected chi connectivity index (χ0v) is 12.2. The van der Waals surface area contributed by atoms with Crippen molar-refractivity contribution < 1.29 is 14.0 Å². The number of ketones is 1. The summed E-state index contributed by atoms with van der Waals surface area (Å²) in [6.07, 6.45) is 1.62. The van der Waals surface area contributed by atoms with Gasteiger partial charge in [-0.05, 0) is 31.0 Å². The molecule has 2 rings (SSSR count). The van der Waals surface area contributed by atoms with Crippen LogP contribution in [-0.4, -0.2) is 18.2 Å². The van der Waals surface area contributed by atoms with Crippen molar-refractivity contribution in [3.63, 3.8) is 0 Å². The lowest BCUT2D eigenvalue weighted by Crippen LogP contribution is -2.44. The summed E-state index contributed by atoms with van der Waals surface area (Å²) in [5.41, 5.74) is 0.243. The lowest BCUT2D eigenvalue weighted by molar-refractivity contribution is -0.133. The summed E-state index contributed by atoms with van der Waals surface area (Å²) in [6, 6.07) is 4.48. The SMILES string of the molecule is CCC(=O)[C@H]1CCCN(c2cc(Br)ccc2F)C1=O. The fraction of sp³-hybridized carbons (Fsp3) is 0.429. The molecule has 0 spiro atoms. The highest BCUT2D eigenvalue weighted by Crippen LogP contribution is 2.29. The van der Waals surface area contributed by atoms with E-state index in [-0.39, 0.29) is 17.4 Å². The van der Waals surface area contributed by atoms with Gasteiger partial charge < -0.3 is 4.90 Å². The first-order valence-corrected chi connectivity index (χ1v) is 7.13. The Balaban J connectivity index is 2.31. The zero-order chi connectivity index (χ0) is 14.0. The van der Waals surface area contributed by atoms with Gasteiger partial charge in [-0.3, -0.25) is 9.59 Å². The Morgan fingerprint density at radius 2 is 2.26 bits per heavy atom. The molecule has 1 aliphatic rings. The molecule has 0 N–H and O–H groups in total. The van der Waals surface area contributed by atoms with Crippen molar-refractivity contribution in [2.45, 2.75) is 26.2 Å². The Hall–Kier alpha value is -1.23. The minimum atomic E-state index is -0.614. The van der Waals surface area contributed by atoms with Crippen LogP contribution in [0, 0.1) is 11.7 Å². The Morgan fingerprint density at radius 3 is 2.95 bits per heavy atom. The molecule has 1 fully saturated rings. The van der Waals surface area contributed by atoms with E-state index in [2.05, 4.69) is 15.9 Å². The van der Waals surface area contributed by atoms with Crippen LogP contribution in [0.3, 0.4) is 0 Å². The van der Waals surface area contributed by atoms with E-state index in [0.717, 1.165) is 0 Å². The van der Waals surface area contributed by atoms with E-state index < -0.39 is 11.7 Å². The maximum atomic E-state index is 13.8. The third-order valence-corrected chi connectivity index (χ3v) is 3.87. The zero-order valence-electron chi connectivity index (χ0n) is 10.7. The molecule has 1 aromatic rings. The lowest BCUT2D eigenvalue weighted by Gasteiger charge is -2.31. The predicted octanol–water partition coefficient (Wildman–Crippen LogP) is 3.31. The van der Waals surface area contributed by atoms with Gasteiger partial charge >= 0.3 is 0 Å². The van der Waals surface area contributed by atoms with Crippen molar-refractivity contribution in [1.29, 1.82) is 0 Å². The van der Waals surface area contributed by atoms with Crippen molar-refractivity contribution in [2.75, 3.05) is 11.4 Å². The summed E-state index contributed by atoms with van der Waals surface area (Å²) in [7, 11) is 0. The Labute approximate surface area is 119 Å². The molecule has 1 saturated heterocycles. The van der Waals surface area contributed by atoms with Crippen LogP contribution in [0.4, 0.5) is 10.1 Å². The highest BCUT2D eigenvalue weighted by molar-refractivity contribution is 9.10. The first-order valence-electron chi connectivity index (χ1n) is 6.33. The van der Waals surface area contributed by atoms with Crippen molar-refractivity contribution in [3.8, 4) is 0 Å². The van der Waals surface area contributed by atoms with Crippen molar-refractivity contribution in [2.24, 2.45) is 5.92 Å². The van der Waals surface area contributed by atoms with E-state index in [1.807, 2.05) is 0 Å². The number of carbonyl (C=O) groups excluding carboxylic acids is 2. The van der Waals surface area contributed by atoms with Crippen molar-refractivity contribution in [3.05, 3.63) is 28.5 Å². The molecule has 1 aliphatic heterocycles. The monoisotopic (exact) mass is 327 g/mol. The van der Waals surface area contributed by atoms with Crippen LogP contribution in [0.25, 0.3) is 0 Å². The van der Waals surface area contributed by atoms with Gasteiger partial charge in [0.2, 0.25) is 5.91 Å². The molecule has 0 aliphatic carbocycles. The number of Topliss-reactive ketones (excluding diaryl/α,β-unsaturated/α-hetero) is 1. The number of rotatable bonds is 3. The maximum Gasteiger partial charge on any atom is 0.237 e. The molecule has 0 radical (unpaired) electrons. The van der Waals surface area contributed by atoms with Gasteiger partial charge in [0.25, 0.3) is 0 Å². The smallest absolute Gasteiger partial charge is 0.237 e. The van der Waals surface area contributed by atoms with E-state index in [9.17, 15) is 14.0 Å². The van der Waals surface area contributed by atoms with Gasteiger partial charge in [0.15, 0.2) is 0 Å². The minimum absolute atomic E-state index is 0.0647. The normalized spacial score (nSPS) is 19.6. The van der Waals surface area contributed by atoms with Gasteiger partial charge in [0, 0.05) is 17.4 Å². The molecule has 0 bridgehead atoms. The standard InChI is InChI=1S/C14H15BrFNO2/c1-2-13(18)10-4-3-7-17(14(10)19)12-8-9(15)5-6-11(12)16/h5-6,8,10H,2-4,7H2,1H3/t10-/m1/s1. The number of anilines is 1. The number of benzene rings is 1. The topological polar surface area (TPSA) is 37.4 Å². The summed E-state index contributed by atoms with van der Waals surface area (Å²) in [5.74, 6) is -1.40. The summed E-state index contributed by atoms with van der Waals surface area (Å²) < 4.78 is 14.5. The first kappa shape index (κ1) is 14.2. The second-order valence-corrected chi connectivity index (χ2v) is 5.52. The molecule has 1 amide bonds. The van der Waals surface area contributed by atoms with Gasteiger partial charge in [-0.25, -0.2) is 4.39 Å². The highest BCUT2D eigenvalue weighted by Gasteiger charge is 2.34. The summed E-state index contributed by atoms with van der Waals surface area (Å²) in [5, 5.41) is 0. The number of piperidine rings is 1. The second-order valence-electron chi connectivity index (χ2n) is 4.60. The van der Waals surface area contributed by atoms with Crippen LogP contribution in [0.2, 0.25) is 0 Å². The molecule has 1 atom stereocenters. The van der Waals surface area contributed by atoms with Crippen LogP contribution in [-0.2, 0) is 9.59 Å². The van der Waals surface area contributed by atoms with Crippen LogP contribution in [0.15, 0.2) is 22.7 Å². The summed E-state index contributed by atoms with van der Waals surface area (Å²) in [4.78, 5) is 25.5. The van der Waals surface area contributed by atoms with Gasteiger partial charge in [-0.2, -0.15) is 0 Å². The molecule has 19 heavy (non-hydrogen) atoms. The largest absolute Gasteiger partial charge is 0.309 e. The molecule has 102 valence electrons. The van der Waals surface area contributed by atoms with Crippen LogP contribution < -0.4 is 4.90 Å². The van der Waals surface area contributed by atoms with E-state index in [1.165, 1.54) is 11.0 Å². The van der Waals surface area contributed by atoms with Gasteiger partial charge in [-0.1, -0.05) is 22.9 Å². The van der Waals surface area contributed by atoms with Crippen LogP contribution in [0.1, 0.15) is 26.2 Å². The fourth-order valence-electron chi connectivity index (χ4n) is 2.35. The molecule has 1 heterocycles. The Bertz CT molecular complexity index is 518. The summed E-state index contributed by atoms with van der Waals surface area (Å²) >= 11 is 3.27. The molecular weight excluding hydrogens is 313 g/mol. The molecule has 1 aromatic carbocycles. The third kappa shape index (κ3) is 2.86. The first-order chi connectivity index (χ1) is 9.04. The van der Waals surface area contributed by atoms with E-state index in [4.69, 9.17) is 0 Å². The highest BCUT2D eigenvalue weighted by atomic mass is 79.9. The van der Waals surface area contributed by atoms with Crippen molar-refractivity contribution in [1.82, 2.24) is 0 Å². The third-order valence-electron chi connectivity index (χ3n) is 3.37. The maximum absolute atomic E-state index is 13.8. The van der Waals surface area contributed by atoms with Crippen LogP contribution in [0.5, 0.6) is 0 Å². The van der Waals surface area contributed by atoms with Crippen LogP contribution >= 0.6 is 15.9 Å². The quantitative estimate of drug-likeness (QED) is 0.799.